The lowest BCUT2D eigenvalue weighted by Gasteiger charge is -2.11. The van der Waals surface area contributed by atoms with Crippen LogP contribution in [0.1, 0.15) is 17.3 Å². The van der Waals surface area contributed by atoms with E-state index in [1.807, 2.05) is 13.2 Å². The zero-order chi connectivity index (χ0) is 14.6. The summed E-state index contributed by atoms with van der Waals surface area (Å²) in [6, 6.07) is 3.15. The summed E-state index contributed by atoms with van der Waals surface area (Å²) in [6.45, 7) is 2.11. The maximum atomic E-state index is 11.9. The SMILES string of the molecule is CSC(C)CNS(=O)(=O)c1ccc(O)c(C(=O)O)c1. The van der Waals surface area contributed by atoms with E-state index in [1.54, 1.807) is 0 Å². The Morgan fingerprint density at radius 2 is 2.11 bits per heavy atom. The normalized spacial score (nSPS) is 13.2. The Bertz CT molecular complexity index is 570. The quantitative estimate of drug-likeness (QED) is 0.727. The average molecular weight is 305 g/mol. The zero-order valence-electron chi connectivity index (χ0n) is 10.5. The predicted octanol–water partition coefficient (Wildman–Crippen LogP) is 1.12. The van der Waals surface area contributed by atoms with E-state index in [1.165, 1.54) is 11.8 Å². The minimum atomic E-state index is -3.78. The second-order valence-corrected chi connectivity index (χ2v) is 6.93. The fourth-order valence-electron chi connectivity index (χ4n) is 1.25. The topological polar surface area (TPSA) is 104 Å². The molecule has 1 rings (SSSR count). The first-order valence-corrected chi connectivity index (χ1v) is 8.14. The van der Waals surface area contributed by atoms with Crippen molar-refractivity contribution in [2.45, 2.75) is 17.1 Å². The van der Waals surface area contributed by atoms with Crippen molar-refractivity contribution in [3.8, 4) is 5.75 Å². The first-order chi connectivity index (χ1) is 8.77. The Morgan fingerprint density at radius 1 is 1.47 bits per heavy atom. The zero-order valence-corrected chi connectivity index (χ0v) is 12.1. The van der Waals surface area contributed by atoms with E-state index in [9.17, 15) is 18.3 Å². The molecule has 1 aromatic rings. The minimum absolute atomic E-state index is 0.103. The van der Waals surface area contributed by atoms with E-state index >= 15 is 0 Å². The van der Waals surface area contributed by atoms with E-state index in [2.05, 4.69) is 4.72 Å². The van der Waals surface area contributed by atoms with Gasteiger partial charge in [0.05, 0.1) is 4.90 Å². The molecule has 1 atom stereocenters. The molecule has 8 heteroatoms. The summed E-state index contributed by atoms with van der Waals surface area (Å²) < 4.78 is 26.3. The van der Waals surface area contributed by atoms with Crippen LogP contribution in [0.3, 0.4) is 0 Å². The number of aromatic hydroxyl groups is 1. The number of sulfonamides is 1. The van der Waals surface area contributed by atoms with Crippen LogP contribution >= 0.6 is 11.8 Å². The molecule has 1 aromatic carbocycles. The lowest BCUT2D eigenvalue weighted by atomic mass is 10.2. The Hall–Kier alpha value is -1.25. The third-order valence-electron chi connectivity index (χ3n) is 2.47. The van der Waals surface area contributed by atoms with E-state index in [0.29, 0.717) is 0 Å². The monoisotopic (exact) mass is 305 g/mol. The van der Waals surface area contributed by atoms with Gasteiger partial charge in [0.25, 0.3) is 0 Å². The molecule has 0 aromatic heterocycles. The van der Waals surface area contributed by atoms with Crippen molar-refractivity contribution in [3.63, 3.8) is 0 Å². The molecule has 106 valence electrons. The highest BCUT2D eigenvalue weighted by Gasteiger charge is 2.19. The lowest BCUT2D eigenvalue weighted by Crippen LogP contribution is -2.29. The Kier molecular flexibility index (Phi) is 5.21. The van der Waals surface area contributed by atoms with Gasteiger partial charge in [-0.25, -0.2) is 17.9 Å². The molecule has 6 nitrogen and oxygen atoms in total. The molecule has 1 unspecified atom stereocenters. The predicted molar refractivity (Wildman–Crippen MR) is 73.2 cm³/mol. The number of carbonyl (C=O) groups is 1. The van der Waals surface area contributed by atoms with Crippen molar-refractivity contribution in [3.05, 3.63) is 23.8 Å². The van der Waals surface area contributed by atoms with Gasteiger partial charge in [-0.05, 0) is 24.5 Å². The third-order valence-corrected chi connectivity index (χ3v) is 4.86. The van der Waals surface area contributed by atoms with E-state index in [4.69, 9.17) is 5.11 Å². The highest BCUT2D eigenvalue weighted by molar-refractivity contribution is 7.99. The van der Waals surface area contributed by atoms with Crippen molar-refractivity contribution in [1.82, 2.24) is 4.72 Å². The van der Waals surface area contributed by atoms with Crippen LogP contribution in [-0.2, 0) is 10.0 Å². The van der Waals surface area contributed by atoms with Crippen LogP contribution in [-0.4, -0.2) is 42.7 Å². The molecule has 0 aliphatic carbocycles. The first-order valence-electron chi connectivity index (χ1n) is 5.36. The van der Waals surface area contributed by atoms with Gasteiger partial charge in [0.1, 0.15) is 11.3 Å². The van der Waals surface area contributed by atoms with Crippen LogP contribution in [0.25, 0.3) is 0 Å². The van der Waals surface area contributed by atoms with Gasteiger partial charge in [-0.15, -0.1) is 0 Å². The Labute approximate surface area is 115 Å². The molecular weight excluding hydrogens is 290 g/mol. The number of hydrogen-bond acceptors (Lipinski definition) is 5. The van der Waals surface area contributed by atoms with Crippen LogP contribution in [0, 0.1) is 0 Å². The van der Waals surface area contributed by atoms with Crippen molar-refractivity contribution in [1.29, 1.82) is 0 Å². The highest BCUT2D eigenvalue weighted by atomic mass is 32.2. The fraction of sp³-hybridized carbons (Fsp3) is 0.364. The molecule has 0 aliphatic heterocycles. The summed E-state index contributed by atoms with van der Waals surface area (Å²) in [4.78, 5) is 10.7. The van der Waals surface area contributed by atoms with Crippen LogP contribution in [0.15, 0.2) is 23.1 Å². The van der Waals surface area contributed by atoms with Crippen molar-refractivity contribution in [2.75, 3.05) is 12.8 Å². The maximum absolute atomic E-state index is 11.9. The number of carboxylic acid groups (broad SMARTS) is 1. The van der Waals surface area contributed by atoms with Crippen LogP contribution in [0.4, 0.5) is 0 Å². The summed E-state index contributed by atoms with van der Waals surface area (Å²) in [5, 5.41) is 18.3. The Balaban J connectivity index is 3.02. The van der Waals surface area contributed by atoms with Gasteiger partial charge in [0, 0.05) is 11.8 Å². The summed E-state index contributed by atoms with van der Waals surface area (Å²) in [6.07, 6.45) is 1.86. The summed E-state index contributed by atoms with van der Waals surface area (Å²) in [5.41, 5.74) is -0.444. The number of nitrogens with one attached hydrogen (secondary N) is 1. The molecule has 0 bridgehead atoms. The molecule has 19 heavy (non-hydrogen) atoms. The van der Waals surface area contributed by atoms with Gasteiger partial charge in [-0.1, -0.05) is 6.92 Å². The lowest BCUT2D eigenvalue weighted by molar-refractivity contribution is 0.0693. The summed E-state index contributed by atoms with van der Waals surface area (Å²) in [7, 11) is -3.78. The average Bonchev–Trinajstić information content (AvgIpc) is 2.35. The highest BCUT2D eigenvalue weighted by Crippen LogP contribution is 2.21. The van der Waals surface area contributed by atoms with Crippen molar-refractivity contribution >= 4 is 27.8 Å². The van der Waals surface area contributed by atoms with Crippen molar-refractivity contribution in [2.24, 2.45) is 0 Å². The molecule has 0 saturated carbocycles. The molecule has 0 spiro atoms. The van der Waals surface area contributed by atoms with Gasteiger partial charge in [0.15, 0.2) is 0 Å². The van der Waals surface area contributed by atoms with Crippen LogP contribution in [0.2, 0.25) is 0 Å². The third kappa shape index (κ3) is 4.12. The fourth-order valence-corrected chi connectivity index (χ4v) is 2.76. The van der Waals surface area contributed by atoms with Gasteiger partial charge in [-0.2, -0.15) is 11.8 Å². The number of thioether (sulfide) groups is 1. The van der Waals surface area contributed by atoms with Gasteiger partial charge < -0.3 is 10.2 Å². The summed E-state index contributed by atoms with van der Waals surface area (Å²) >= 11 is 1.51. The molecule has 0 aliphatic rings. The molecule has 3 N–H and O–H groups in total. The molecule has 0 radical (unpaired) electrons. The first kappa shape index (κ1) is 15.8. The standard InChI is InChI=1S/C11H15NO5S2/c1-7(18-2)6-12-19(16,17)8-3-4-10(13)9(5-8)11(14)15/h3-5,7,12-13H,6H2,1-2H3,(H,14,15). The second kappa shape index (κ2) is 6.27. The minimum Gasteiger partial charge on any atom is -0.507 e. The largest absolute Gasteiger partial charge is 0.507 e. The molecular formula is C11H15NO5S2. The van der Waals surface area contributed by atoms with Gasteiger partial charge in [0.2, 0.25) is 10.0 Å². The number of rotatable bonds is 6. The smallest absolute Gasteiger partial charge is 0.339 e. The van der Waals surface area contributed by atoms with Gasteiger partial charge in [-0.3, -0.25) is 0 Å². The molecule has 0 fully saturated rings. The molecule has 0 heterocycles. The van der Waals surface area contributed by atoms with E-state index in [0.717, 1.165) is 18.2 Å². The second-order valence-electron chi connectivity index (χ2n) is 3.88. The van der Waals surface area contributed by atoms with Crippen LogP contribution in [0.5, 0.6) is 5.75 Å². The number of aromatic carboxylic acids is 1. The maximum Gasteiger partial charge on any atom is 0.339 e. The van der Waals surface area contributed by atoms with Crippen molar-refractivity contribution < 1.29 is 23.4 Å². The Morgan fingerprint density at radius 3 is 2.63 bits per heavy atom. The molecule has 0 amide bonds. The van der Waals surface area contributed by atoms with Gasteiger partial charge >= 0.3 is 5.97 Å². The molecule has 0 saturated heterocycles. The number of benzene rings is 1. The van der Waals surface area contributed by atoms with E-state index in [-0.39, 0.29) is 16.7 Å². The summed E-state index contributed by atoms with van der Waals surface area (Å²) in [5.74, 6) is -1.85. The number of phenols is 1. The number of hydrogen-bond donors (Lipinski definition) is 3. The van der Waals surface area contributed by atoms with E-state index < -0.39 is 27.3 Å². The van der Waals surface area contributed by atoms with Crippen LogP contribution < -0.4 is 4.72 Å². The number of carboxylic acids is 1.